The number of nitrogens with zero attached hydrogens (tertiary/aromatic N) is 2. The third-order valence-electron chi connectivity index (χ3n) is 4.83. The molecule has 0 aliphatic heterocycles. The number of carbonyl (C=O) groups is 1. The minimum absolute atomic E-state index is 0.00115. The summed E-state index contributed by atoms with van der Waals surface area (Å²) in [7, 11) is 0. The molecule has 0 unspecified atom stereocenters. The van der Waals surface area contributed by atoms with Crippen molar-refractivity contribution in [2.24, 2.45) is 0 Å². The van der Waals surface area contributed by atoms with Crippen molar-refractivity contribution in [2.75, 3.05) is 6.54 Å². The monoisotopic (exact) mass is 378 g/mol. The van der Waals surface area contributed by atoms with Gasteiger partial charge in [0.15, 0.2) is 0 Å². The number of imidazole rings is 1. The zero-order chi connectivity index (χ0) is 19.8. The van der Waals surface area contributed by atoms with Gasteiger partial charge in [0.25, 0.3) is 5.91 Å². The molecule has 0 saturated heterocycles. The summed E-state index contributed by atoms with van der Waals surface area (Å²) in [6.45, 7) is 7.47. The molecule has 0 saturated carbocycles. The van der Waals surface area contributed by atoms with Gasteiger partial charge < -0.3 is 15.2 Å². The number of para-hydroxylation sites is 2. The van der Waals surface area contributed by atoms with Crippen LogP contribution in [0.15, 0.2) is 48.5 Å². The van der Waals surface area contributed by atoms with Gasteiger partial charge in [0, 0.05) is 25.2 Å². The predicted octanol–water partition coefficient (Wildman–Crippen LogP) is 4.27. The van der Waals surface area contributed by atoms with Crippen molar-refractivity contribution in [2.45, 2.75) is 52.7 Å². The predicted molar refractivity (Wildman–Crippen MR) is 114 cm³/mol. The average Bonchev–Trinajstić information content (AvgIpc) is 3.06. The Morgan fingerprint density at radius 1 is 1.00 bits per heavy atom. The van der Waals surface area contributed by atoms with Gasteiger partial charge in [-0.3, -0.25) is 4.79 Å². The highest BCUT2D eigenvalue weighted by Crippen LogP contribution is 2.16. The fourth-order valence-electron chi connectivity index (χ4n) is 3.31. The van der Waals surface area contributed by atoms with Crippen LogP contribution in [-0.4, -0.2) is 22.0 Å². The summed E-state index contributed by atoms with van der Waals surface area (Å²) in [4.78, 5) is 16.9. The van der Waals surface area contributed by atoms with Crippen molar-refractivity contribution in [1.82, 2.24) is 20.2 Å². The molecule has 0 aliphatic carbocycles. The van der Waals surface area contributed by atoms with Gasteiger partial charge in [-0.1, -0.05) is 44.5 Å². The molecule has 1 heterocycles. The van der Waals surface area contributed by atoms with Crippen LogP contribution >= 0.6 is 0 Å². The molecule has 0 fully saturated rings. The van der Waals surface area contributed by atoms with Crippen molar-refractivity contribution in [3.63, 3.8) is 0 Å². The second-order valence-electron chi connectivity index (χ2n) is 7.08. The Kier molecular flexibility index (Phi) is 7.20. The van der Waals surface area contributed by atoms with Crippen molar-refractivity contribution < 1.29 is 4.79 Å². The lowest BCUT2D eigenvalue weighted by Gasteiger charge is -2.09. The van der Waals surface area contributed by atoms with Crippen molar-refractivity contribution in [3.05, 3.63) is 65.5 Å². The van der Waals surface area contributed by atoms with Crippen LogP contribution in [0, 0.1) is 0 Å². The molecular weight excluding hydrogens is 348 g/mol. The van der Waals surface area contributed by atoms with Crippen LogP contribution in [0.2, 0.25) is 0 Å². The molecule has 0 aliphatic rings. The van der Waals surface area contributed by atoms with Crippen molar-refractivity contribution >= 4 is 16.9 Å². The summed E-state index contributed by atoms with van der Waals surface area (Å²) in [6.07, 6.45) is 3.17. The van der Waals surface area contributed by atoms with Crippen LogP contribution in [-0.2, 0) is 19.6 Å². The number of hydrogen-bond acceptors (Lipinski definition) is 3. The van der Waals surface area contributed by atoms with Gasteiger partial charge in [-0.25, -0.2) is 4.98 Å². The molecular formula is C23H30N4O. The molecule has 3 rings (SSSR count). The maximum atomic E-state index is 12.1. The summed E-state index contributed by atoms with van der Waals surface area (Å²) in [5, 5.41) is 6.43. The first-order chi connectivity index (χ1) is 13.7. The van der Waals surface area contributed by atoms with Crippen molar-refractivity contribution in [1.29, 1.82) is 0 Å². The first-order valence-corrected chi connectivity index (χ1v) is 10.2. The van der Waals surface area contributed by atoms with Crippen LogP contribution in [0.1, 0.15) is 54.9 Å². The summed E-state index contributed by atoms with van der Waals surface area (Å²) < 4.78 is 2.30. The Morgan fingerprint density at radius 2 is 1.79 bits per heavy atom. The lowest BCUT2D eigenvalue weighted by molar-refractivity contribution is 0.0953. The molecule has 5 heteroatoms. The Bertz CT molecular complexity index is 899. The Balaban J connectivity index is 1.57. The number of benzene rings is 2. The van der Waals surface area contributed by atoms with E-state index in [4.69, 9.17) is 4.98 Å². The lowest BCUT2D eigenvalue weighted by atomic mass is 10.1. The van der Waals surface area contributed by atoms with E-state index < -0.39 is 0 Å². The van der Waals surface area contributed by atoms with E-state index >= 15 is 0 Å². The Morgan fingerprint density at radius 3 is 2.54 bits per heavy atom. The van der Waals surface area contributed by atoms with Crippen LogP contribution in [0.25, 0.3) is 11.0 Å². The lowest BCUT2D eigenvalue weighted by Crippen LogP contribution is -2.24. The first kappa shape index (κ1) is 20.1. The van der Waals surface area contributed by atoms with Gasteiger partial charge in [0.05, 0.1) is 17.6 Å². The number of hydrogen-bond donors (Lipinski definition) is 2. The van der Waals surface area contributed by atoms with Gasteiger partial charge in [-0.15, -0.1) is 0 Å². The first-order valence-electron chi connectivity index (χ1n) is 10.2. The highest BCUT2D eigenvalue weighted by atomic mass is 16.1. The number of aryl methyl sites for hydroxylation is 1. The molecule has 148 valence electrons. The Hall–Kier alpha value is -2.66. The molecule has 2 aromatic carbocycles. The molecule has 28 heavy (non-hydrogen) atoms. The SMILES string of the molecule is CCCCNC(=O)c1ccc(CNCc2nc3ccccc3n2CCC)cc1. The molecule has 0 bridgehead atoms. The normalized spacial score (nSPS) is 11.1. The van der Waals surface area contributed by atoms with Crippen LogP contribution in [0.4, 0.5) is 0 Å². The fraction of sp³-hybridized carbons (Fsp3) is 0.391. The molecule has 3 aromatic rings. The highest BCUT2D eigenvalue weighted by molar-refractivity contribution is 5.94. The van der Waals surface area contributed by atoms with Gasteiger partial charge in [-0.2, -0.15) is 0 Å². The number of amides is 1. The molecule has 0 radical (unpaired) electrons. The largest absolute Gasteiger partial charge is 0.352 e. The van der Waals surface area contributed by atoms with Gasteiger partial charge >= 0.3 is 0 Å². The molecule has 1 aromatic heterocycles. The number of nitrogens with one attached hydrogen (secondary N) is 2. The molecule has 1 amide bonds. The second kappa shape index (κ2) is 10.0. The zero-order valence-electron chi connectivity index (χ0n) is 16.9. The van der Waals surface area contributed by atoms with Crippen LogP contribution in [0.3, 0.4) is 0 Å². The van der Waals surface area contributed by atoms with E-state index in [0.29, 0.717) is 12.1 Å². The number of unbranched alkanes of at least 4 members (excludes halogenated alkanes) is 1. The maximum Gasteiger partial charge on any atom is 0.251 e. The second-order valence-corrected chi connectivity index (χ2v) is 7.08. The summed E-state index contributed by atoms with van der Waals surface area (Å²) in [5.41, 5.74) is 4.11. The minimum atomic E-state index is 0.00115. The van der Waals surface area contributed by atoms with E-state index in [1.165, 1.54) is 5.52 Å². The maximum absolute atomic E-state index is 12.1. The topological polar surface area (TPSA) is 59.0 Å². The molecule has 0 spiro atoms. The minimum Gasteiger partial charge on any atom is -0.352 e. The number of fused-ring (bicyclic) bond motifs is 1. The van der Waals surface area contributed by atoms with Gasteiger partial charge in [0.1, 0.15) is 5.82 Å². The van der Waals surface area contributed by atoms with Crippen molar-refractivity contribution in [3.8, 4) is 0 Å². The average molecular weight is 379 g/mol. The highest BCUT2D eigenvalue weighted by Gasteiger charge is 2.09. The summed E-state index contributed by atoms with van der Waals surface area (Å²) in [5.74, 6) is 1.07. The zero-order valence-corrected chi connectivity index (χ0v) is 16.9. The van der Waals surface area contributed by atoms with E-state index in [1.54, 1.807) is 0 Å². The van der Waals surface area contributed by atoms with Gasteiger partial charge in [0.2, 0.25) is 0 Å². The van der Waals surface area contributed by atoms with E-state index in [1.807, 2.05) is 30.3 Å². The van der Waals surface area contributed by atoms with Crippen LogP contribution < -0.4 is 10.6 Å². The third-order valence-corrected chi connectivity index (χ3v) is 4.83. The van der Waals surface area contributed by atoms with E-state index in [0.717, 1.165) is 55.8 Å². The number of aromatic nitrogens is 2. The smallest absolute Gasteiger partial charge is 0.251 e. The molecule has 0 atom stereocenters. The standard InChI is InChI=1S/C23H30N4O/c1-3-5-14-25-23(28)19-12-10-18(11-13-19)16-24-17-22-26-20-8-6-7-9-21(20)27(22)15-4-2/h6-13,24H,3-5,14-17H2,1-2H3,(H,25,28). The van der Waals surface area contributed by atoms with E-state index in [2.05, 4.69) is 47.2 Å². The Labute approximate surface area is 167 Å². The van der Waals surface area contributed by atoms with Crippen LogP contribution in [0.5, 0.6) is 0 Å². The number of carbonyl (C=O) groups excluding carboxylic acids is 1. The fourth-order valence-corrected chi connectivity index (χ4v) is 3.31. The molecule has 5 nitrogen and oxygen atoms in total. The third kappa shape index (κ3) is 4.98. The summed E-state index contributed by atoms with van der Waals surface area (Å²) >= 11 is 0. The van der Waals surface area contributed by atoms with E-state index in [-0.39, 0.29) is 5.91 Å². The number of rotatable bonds is 10. The molecule has 2 N–H and O–H groups in total. The summed E-state index contributed by atoms with van der Waals surface area (Å²) in [6, 6.07) is 16.1. The van der Waals surface area contributed by atoms with Gasteiger partial charge in [-0.05, 0) is 42.7 Å². The van der Waals surface area contributed by atoms with E-state index in [9.17, 15) is 4.79 Å². The quantitative estimate of drug-likeness (QED) is 0.518.